The van der Waals surface area contributed by atoms with Crippen LogP contribution >= 0.6 is 12.4 Å². The first-order valence-electron chi connectivity index (χ1n) is 4.20. The van der Waals surface area contributed by atoms with E-state index in [0.717, 1.165) is 6.54 Å². The van der Waals surface area contributed by atoms with Gasteiger partial charge >= 0.3 is 0 Å². The van der Waals surface area contributed by atoms with Crippen LogP contribution in [-0.4, -0.2) is 6.54 Å². The topological polar surface area (TPSA) is 12.0 Å². The second kappa shape index (κ2) is 3.81. The Morgan fingerprint density at radius 2 is 2.17 bits per heavy atom. The predicted molar refractivity (Wildman–Crippen MR) is 55.2 cm³/mol. The molecule has 0 spiro atoms. The Balaban J connectivity index is 0.000000720. The van der Waals surface area contributed by atoms with Crippen molar-refractivity contribution < 1.29 is 0 Å². The van der Waals surface area contributed by atoms with E-state index in [9.17, 15) is 0 Å². The maximum atomic E-state index is 3.40. The molecule has 0 aromatic heterocycles. The van der Waals surface area contributed by atoms with Crippen molar-refractivity contribution >= 4 is 18.1 Å². The number of hydrogen-bond acceptors (Lipinski definition) is 1. The molecule has 0 unspecified atom stereocenters. The molecule has 1 aliphatic heterocycles. The minimum absolute atomic E-state index is 0. The lowest BCUT2D eigenvalue weighted by Gasteiger charge is -2.17. The Bertz CT molecular complexity index is 271. The van der Waals surface area contributed by atoms with Gasteiger partial charge in [0, 0.05) is 12.2 Å². The molecule has 0 radical (unpaired) electrons. The Morgan fingerprint density at radius 1 is 1.33 bits per heavy atom. The minimum Gasteiger partial charge on any atom is -0.385 e. The van der Waals surface area contributed by atoms with E-state index in [0.29, 0.717) is 0 Å². The maximum Gasteiger partial charge on any atom is 0.0375 e. The van der Waals surface area contributed by atoms with Crippen LogP contribution in [0.1, 0.15) is 17.5 Å². The third-order valence-electron chi connectivity index (χ3n) is 2.20. The average Bonchev–Trinajstić information content (AvgIpc) is 2.04. The van der Waals surface area contributed by atoms with Gasteiger partial charge in [-0.15, -0.1) is 12.4 Å². The van der Waals surface area contributed by atoms with Gasteiger partial charge in [-0.1, -0.05) is 12.1 Å². The van der Waals surface area contributed by atoms with Crippen LogP contribution in [-0.2, 0) is 6.42 Å². The monoisotopic (exact) mass is 183 g/mol. The molecule has 0 saturated heterocycles. The van der Waals surface area contributed by atoms with Gasteiger partial charge in [0.1, 0.15) is 0 Å². The highest BCUT2D eigenvalue weighted by Gasteiger charge is 2.06. The number of benzene rings is 1. The minimum atomic E-state index is 0. The molecule has 1 aromatic carbocycles. The van der Waals surface area contributed by atoms with Crippen LogP contribution in [0.2, 0.25) is 0 Å². The number of aryl methyl sites for hydroxylation is 2. The quantitative estimate of drug-likeness (QED) is 0.652. The standard InChI is InChI=1S/C10H13N.ClH/c1-8-4-5-9-3-2-6-11-10(9)7-8;/h4-5,7,11H,2-3,6H2,1H3;1H. The Hall–Kier alpha value is -0.690. The summed E-state index contributed by atoms with van der Waals surface area (Å²) < 4.78 is 0. The van der Waals surface area contributed by atoms with E-state index in [1.165, 1.54) is 29.7 Å². The average molecular weight is 184 g/mol. The van der Waals surface area contributed by atoms with Gasteiger partial charge in [0.15, 0.2) is 0 Å². The van der Waals surface area contributed by atoms with Crippen LogP contribution in [0.4, 0.5) is 5.69 Å². The van der Waals surface area contributed by atoms with Gasteiger partial charge < -0.3 is 5.32 Å². The van der Waals surface area contributed by atoms with Crippen molar-refractivity contribution in [2.75, 3.05) is 11.9 Å². The van der Waals surface area contributed by atoms with Gasteiger partial charge in [0.2, 0.25) is 0 Å². The lowest BCUT2D eigenvalue weighted by molar-refractivity contribution is 0.829. The van der Waals surface area contributed by atoms with E-state index in [2.05, 4.69) is 30.4 Å². The molecule has 0 aliphatic carbocycles. The summed E-state index contributed by atoms with van der Waals surface area (Å²) in [5, 5.41) is 3.40. The normalized spacial score (nSPS) is 14.1. The number of nitrogens with one attached hydrogen (secondary N) is 1. The zero-order chi connectivity index (χ0) is 7.68. The largest absolute Gasteiger partial charge is 0.385 e. The zero-order valence-electron chi connectivity index (χ0n) is 7.26. The zero-order valence-corrected chi connectivity index (χ0v) is 8.08. The molecular weight excluding hydrogens is 170 g/mol. The second-order valence-electron chi connectivity index (χ2n) is 3.19. The Kier molecular flexibility index (Phi) is 2.99. The summed E-state index contributed by atoms with van der Waals surface area (Å²) in [4.78, 5) is 0. The van der Waals surface area contributed by atoms with E-state index in [1.54, 1.807) is 0 Å². The first-order valence-corrected chi connectivity index (χ1v) is 4.20. The van der Waals surface area contributed by atoms with Gasteiger partial charge in [-0.2, -0.15) is 0 Å². The Morgan fingerprint density at radius 3 is 3.00 bits per heavy atom. The highest BCUT2D eigenvalue weighted by Crippen LogP contribution is 2.22. The van der Waals surface area contributed by atoms with Gasteiger partial charge in [0.05, 0.1) is 0 Å². The van der Waals surface area contributed by atoms with Crippen LogP contribution in [0.15, 0.2) is 18.2 Å². The van der Waals surface area contributed by atoms with E-state index in [4.69, 9.17) is 0 Å². The number of fused-ring (bicyclic) bond motifs is 1. The van der Waals surface area contributed by atoms with Crippen LogP contribution in [0.3, 0.4) is 0 Å². The van der Waals surface area contributed by atoms with E-state index < -0.39 is 0 Å². The third kappa shape index (κ3) is 1.72. The van der Waals surface area contributed by atoms with Crippen LogP contribution in [0.25, 0.3) is 0 Å². The molecule has 1 aliphatic rings. The maximum absolute atomic E-state index is 3.40. The molecule has 1 heterocycles. The van der Waals surface area contributed by atoms with Crippen molar-refractivity contribution in [1.29, 1.82) is 0 Å². The summed E-state index contributed by atoms with van der Waals surface area (Å²) in [6.45, 7) is 3.27. The van der Waals surface area contributed by atoms with Gasteiger partial charge in [-0.3, -0.25) is 0 Å². The molecule has 2 heteroatoms. The molecule has 12 heavy (non-hydrogen) atoms. The summed E-state index contributed by atoms with van der Waals surface area (Å²) in [6, 6.07) is 6.65. The lowest BCUT2D eigenvalue weighted by Crippen LogP contribution is -2.11. The molecule has 0 atom stereocenters. The Labute approximate surface area is 79.6 Å². The third-order valence-corrected chi connectivity index (χ3v) is 2.20. The number of anilines is 1. The van der Waals surface area contributed by atoms with Gasteiger partial charge in [-0.05, 0) is 37.0 Å². The van der Waals surface area contributed by atoms with E-state index in [-0.39, 0.29) is 12.4 Å². The van der Waals surface area contributed by atoms with Gasteiger partial charge in [-0.25, -0.2) is 0 Å². The first kappa shape index (κ1) is 9.40. The summed E-state index contributed by atoms with van der Waals surface area (Å²) in [5.74, 6) is 0. The molecule has 1 N–H and O–H groups in total. The number of hydrogen-bond donors (Lipinski definition) is 1. The fourth-order valence-electron chi connectivity index (χ4n) is 1.57. The SMILES string of the molecule is Cc1ccc2c(c1)NCCC2.Cl. The predicted octanol–water partition coefficient (Wildman–Crippen LogP) is 2.77. The van der Waals surface area contributed by atoms with Crippen molar-refractivity contribution in [3.8, 4) is 0 Å². The molecule has 0 fully saturated rings. The van der Waals surface area contributed by atoms with E-state index >= 15 is 0 Å². The molecule has 0 bridgehead atoms. The second-order valence-corrected chi connectivity index (χ2v) is 3.19. The van der Waals surface area contributed by atoms with Crippen LogP contribution in [0, 0.1) is 6.92 Å². The van der Waals surface area contributed by atoms with Crippen LogP contribution < -0.4 is 5.32 Å². The summed E-state index contributed by atoms with van der Waals surface area (Å²) >= 11 is 0. The number of halogens is 1. The molecule has 1 nitrogen and oxygen atoms in total. The van der Waals surface area contributed by atoms with Crippen LogP contribution in [0.5, 0.6) is 0 Å². The van der Waals surface area contributed by atoms with Crippen molar-refractivity contribution in [1.82, 2.24) is 0 Å². The summed E-state index contributed by atoms with van der Waals surface area (Å²) in [5.41, 5.74) is 4.16. The molecule has 0 amide bonds. The fraction of sp³-hybridized carbons (Fsp3) is 0.400. The molecule has 1 aromatic rings. The van der Waals surface area contributed by atoms with Crippen molar-refractivity contribution in [2.45, 2.75) is 19.8 Å². The highest BCUT2D eigenvalue weighted by molar-refractivity contribution is 5.85. The molecule has 0 saturated carbocycles. The van der Waals surface area contributed by atoms with Crippen molar-refractivity contribution in [2.24, 2.45) is 0 Å². The fourth-order valence-corrected chi connectivity index (χ4v) is 1.57. The smallest absolute Gasteiger partial charge is 0.0375 e. The molecular formula is C10H14ClN. The molecule has 66 valence electrons. The van der Waals surface area contributed by atoms with E-state index in [1.807, 2.05) is 0 Å². The first-order chi connectivity index (χ1) is 5.36. The lowest BCUT2D eigenvalue weighted by atomic mass is 10.0. The summed E-state index contributed by atoms with van der Waals surface area (Å²) in [6.07, 6.45) is 2.51. The molecule has 2 rings (SSSR count). The van der Waals surface area contributed by atoms with Gasteiger partial charge in [0.25, 0.3) is 0 Å². The summed E-state index contributed by atoms with van der Waals surface area (Å²) in [7, 11) is 0. The highest BCUT2D eigenvalue weighted by atomic mass is 35.5. The number of rotatable bonds is 0. The van der Waals surface area contributed by atoms with Crippen molar-refractivity contribution in [3.05, 3.63) is 29.3 Å². The van der Waals surface area contributed by atoms with Crippen molar-refractivity contribution in [3.63, 3.8) is 0 Å².